The molecule has 1 atom stereocenters. The lowest BCUT2D eigenvalue weighted by Crippen LogP contribution is -2.51. The van der Waals surface area contributed by atoms with Gasteiger partial charge in [0.25, 0.3) is 0 Å². The van der Waals surface area contributed by atoms with Crippen LogP contribution < -0.4 is 5.32 Å². The number of aliphatic hydroxyl groups is 1. The number of carbonyl (C=O) groups excluding carboxylic acids is 1. The molecule has 1 aliphatic rings. The van der Waals surface area contributed by atoms with Crippen LogP contribution in [0, 0.1) is 0 Å². The number of amides is 1. The fraction of sp³-hybridized carbons (Fsp3) is 0.381. The predicted molar refractivity (Wildman–Crippen MR) is 101 cm³/mol. The van der Waals surface area contributed by atoms with E-state index in [4.69, 9.17) is 0 Å². The van der Waals surface area contributed by atoms with Gasteiger partial charge >= 0.3 is 0 Å². The maximum absolute atomic E-state index is 13.1. The van der Waals surface area contributed by atoms with Gasteiger partial charge in [-0.3, -0.25) is 4.79 Å². The van der Waals surface area contributed by atoms with Gasteiger partial charge in [-0.2, -0.15) is 0 Å². The molecule has 1 unspecified atom stereocenters. The van der Waals surface area contributed by atoms with Crippen molar-refractivity contribution in [3.63, 3.8) is 0 Å². The Morgan fingerprint density at radius 2 is 1.85 bits per heavy atom. The number of nitrogens with zero attached hydrogens (tertiary/aromatic N) is 1. The number of phenolic OH excluding ortho intramolecular Hbond substituents is 1. The van der Waals surface area contributed by atoms with Crippen molar-refractivity contribution >= 4 is 5.91 Å². The van der Waals surface area contributed by atoms with Gasteiger partial charge in [0, 0.05) is 6.54 Å². The molecule has 1 fully saturated rings. The number of carbonyl (C=O) groups is 1. The van der Waals surface area contributed by atoms with Gasteiger partial charge in [0.2, 0.25) is 5.91 Å². The van der Waals surface area contributed by atoms with Gasteiger partial charge in [0.15, 0.2) is 0 Å². The first-order chi connectivity index (χ1) is 12.5. The summed E-state index contributed by atoms with van der Waals surface area (Å²) in [6.07, 6.45) is 0.647. The highest BCUT2D eigenvalue weighted by Crippen LogP contribution is 2.35. The van der Waals surface area contributed by atoms with Crippen LogP contribution in [-0.2, 0) is 10.2 Å². The molecule has 2 aromatic rings. The van der Waals surface area contributed by atoms with Gasteiger partial charge < -0.3 is 20.4 Å². The Morgan fingerprint density at radius 1 is 1.15 bits per heavy atom. The van der Waals surface area contributed by atoms with Crippen LogP contribution in [0.25, 0.3) is 0 Å². The topological polar surface area (TPSA) is 72.8 Å². The zero-order chi connectivity index (χ0) is 18.6. The third kappa shape index (κ3) is 3.89. The number of rotatable bonds is 5. The molecule has 0 aliphatic carbocycles. The highest BCUT2D eigenvalue weighted by atomic mass is 16.3. The van der Waals surface area contributed by atoms with Crippen LogP contribution >= 0.6 is 0 Å². The number of piperidine rings is 1. The van der Waals surface area contributed by atoms with E-state index in [1.54, 1.807) is 18.2 Å². The normalized spacial score (nSPS) is 18.2. The first kappa shape index (κ1) is 18.4. The number of likely N-dealkylation sites (tertiary alicyclic amines) is 1. The van der Waals surface area contributed by atoms with E-state index in [9.17, 15) is 15.0 Å². The third-order valence-electron chi connectivity index (χ3n) is 5.31. The zero-order valence-electron chi connectivity index (χ0n) is 15.1. The van der Waals surface area contributed by atoms with Crippen LogP contribution in [-0.4, -0.2) is 47.7 Å². The van der Waals surface area contributed by atoms with Crippen molar-refractivity contribution in [3.8, 4) is 5.75 Å². The van der Waals surface area contributed by atoms with Crippen molar-refractivity contribution < 1.29 is 15.0 Å². The Morgan fingerprint density at radius 3 is 2.50 bits per heavy atom. The number of benzene rings is 2. The Labute approximate surface area is 154 Å². The molecule has 0 bridgehead atoms. The van der Waals surface area contributed by atoms with Crippen LogP contribution in [0.4, 0.5) is 0 Å². The maximum atomic E-state index is 13.1. The highest BCUT2D eigenvalue weighted by Gasteiger charge is 2.42. The molecule has 0 radical (unpaired) electrons. The van der Waals surface area contributed by atoms with Crippen LogP contribution in [0.5, 0.6) is 5.75 Å². The molecule has 2 aromatic carbocycles. The molecule has 5 nitrogen and oxygen atoms in total. The van der Waals surface area contributed by atoms with Crippen molar-refractivity contribution in [2.24, 2.45) is 0 Å². The van der Waals surface area contributed by atoms with E-state index in [-0.39, 0.29) is 18.2 Å². The molecule has 3 rings (SSSR count). The molecular formula is C21H26N2O3. The molecular weight excluding hydrogens is 328 g/mol. The van der Waals surface area contributed by atoms with Gasteiger partial charge in [-0.25, -0.2) is 0 Å². The number of phenols is 1. The molecule has 3 N–H and O–H groups in total. The minimum Gasteiger partial charge on any atom is -0.508 e. The zero-order valence-corrected chi connectivity index (χ0v) is 15.1. The summed E-state index contributed by atoms with van der Waals surface area (Å²) in [6.45, 7) is 1.83. The Bertz CT molecular complexity index is 740. The van der Waals surface area contributed by atoms with Crippen molar-refractivity contribution in [2.75, 3.05) is 26.7 Å². The predicted octanol–water partition coefficient (Wildman–Crippen LogP) is 2.21. The molecule has 1 aliphatic heterocycles. The van der Waals surface area contributed by atoms with Gasteiger partial charge in [0.05, 0.1) is 11.5 Å². The second-order valence-corrected chi connectivity index (χ2v) is 7.07. The summed E-state index contributed by atoms with van der Waals surface area (Å²) in [7, 11) is 2.07. The number of nitrogens with one attached hydrogen (secondary N) is 1. The van der Waals surface area contributed by atoms with E-state index < -0.39 is 11.5 Å². The van der Waals surface area contributed by atoms with Gasteiger partial charge in [-0.15, -0.1) is 0 Å². The molecule has 1 heterocycles. The van der Waals surface area contributed by atoms with E-state index in [1.165, 1.54) is 6.07 Å². The Balaban J connectivity index is 1.74. The number of hydrogen-bond acceptors (Lipinski definition) is 4. The smallest absolute Gasteiger partial charge is 0.230 e. The van der Waals surface area contributed by atoms with E-state index in [2.05, 4.69) is 17.3 Å². The largest absolute Gasteiger partial charge is 0.508 e. The van der Waals surface area contributed by atoms with Gasteiger partial charge in [-0.1, -0.05) is 42.5 Å². The van der Waals surface area contributed by atoms with Crippen LogP contribution in [0.2, 0.25) is 0 Å². The van der Waals surface area contributed by atoms with Crippen molar-refractivity contribution in [1.82, 2.24) is 10.2 Å². The summed E-state index contributed by atoms with van der Waals surface area (Å²) < 4.78 is 0. The lowest BCUT2D eigenvalue weighted by Gasteiger charge is -2.40. The van der Waals surface area contributed by atoms with Crippen LogP contribution in [0.3, 0.4) is 0 Å². The summed E-state index contributed by atoms with van der Waals surface area (Å²) in [6, 6.07) is 16.4. The molecule has 5 heteroatoms. The lowest BCUT2D eigenvalue weighted by atomic mass is 9.72. The average molecular weight is 354 g/mol. The highest BCUT2D eigenvalue weighted by molar-refractivity contribution is 5.88. The standard InChI is InChI=1S/C21H26N2O3/c1-23-12-10-21(11-13-23,17-7-3-2-4-8-17)20(26)22-15-19(25)16-6-5-9-18(24)14-16/h2-9,14,19,24-25H,10-13,15H2,1H3,(H,22,26). The maximum Gasteiger partial charge on any atom is 0.230 e. The van der Waals surface area contributed by atoms with E-state index >= 15 is 0 Å². The Kier molecular flexibility index (Phi) is 5.59. The number of aromatic hydroxyl groups is 1. The quantitative estimate of drug-likeness (QED) is 0.770. The van der Waals surface area contributed by atoms with Crippen molar-refractivity contribution in [3.05, 3.63) is 65.7 Å². The SMILES string of the molecule is CN1CCC(C(=O)NCC(O)c2cccc(O)c2)(c2ccccc2)CC1. The second kappa shape index (κ2) is 7.89. The van der Waals surface area contributed by atoms with E-state index in [0.717, 1.165) is 31.5 Å². The molecule has 138 valence electrons. The molecule has 0 spiro atoms. The molecule has 1 amide bonds. The third-order valence-corrected chi connectivity index (χ3v) is 5.31. The lowest BCUT2D eigenvalue weighted by molar-refractivity contribution is -0.129. The monoisotopic (exact) mass is 354 g/mol. The van der Waals surface area contributed by atoms with Crippen LogP contribution in [0.15, 0.2) is 54.6 Å². The minimum absolute atomic E-state index is 0.0454. The fourth-order valence-corrected chi connectivity index (χ4v) is 3.61. The van der Waals surface area contributed by atoms with Crippen molar-refractivity contribution in [2.45, 2.75) is 24.4 Å². The van der Waals surface area contributed by atoms with E-state index in [0.29, 0.717) is 5.56 Å². The fourth-order valence-electron chi connectivity index (χ4n) is 3.61. The minimum atomic E-state index is -0.856. The van der Waals surface area contributed by atoms with Crippen molar-refractivity contribution in [1.29, 1.82) is 0 Å². The summed E-state index contributed by atoms with van der Waals surface area (Å²) in [5.74, 6) is 0.0555. The summed E-state index contributed by atoms with van der Waals surface area (Å²) in [5, 5.41) is 22.8. The molecule has 1 saturated heterocycles. The summed E-state index contributed by atoms with van der Waals surface area (Å²) in [4.78, 5) is 15.4. The molecule has 26 heavy (non-hydrogen) atoms. The van der Waals surface area contributed by atoms with E-state index in [1.807, 2.05) is 30.3 Å². The first-order valence-electron chi connectivity index (χ1n) is 9.01. The van der Waals surface area contributed by atoms with Gasteiger partial charge in [-0.05, 0) is 56.2 Å². The number of hydrogen-bond donors (Lipinski definition) is 3. The summed E-state index contributed by atoms with van der Waals surface area (Å²) >= 11 is 0. The van der Waals surface area contributed by atoms with Crippen LogP contribution in [0.1, 0.15) is 30.1 Å². The van der Waals surface area contributed by atoms with Gasteiger partial charge in [0.1, 0.15) is 5.75 Å². The first-order valence-corrected chi connectivity index (χ1v) is 9.01. The number of aliphatic hydroxyl groups excluding tert-OH is 1. The summed E-state index contributed by atoms with van der Waals surface area (Å²) in [5.41, 5.74) is 1.05. The molecule has 0 saturated carbocycles. The molecule has 0 aromatic heterocycles. The second-order valence-electron chi connectivity index (χ2n) is 7.07. The Hall–Kier alpha value is -2.37. The average Bonchev–Trinajstić information content (AvgIpc) is 2.67.